The molecule has 0 spiro atoms. The van der Waals surface area contributed by atoms with E-state index in [1.807, 2.05) is 11.5 Å². The Balaban J connectivity index is 1.95. The number of para-hydroxylation sites is 1. The summed E-state index contributed by atoms with van der Waals surface area (Å²) in [5.74, 6) is -2.37. The second-order valence-corrected chi connectivity index (χ2v) is 4.68. The molecule has 0 aliphatic rings. The fourth-order valence-electron chi connectivity index (χ4n) is 1.65. The molecule has 110 valence electrons. The summed E-state index contributed by atoms with van der Waals surface area (Å²) in [5, 5.41) is 3.17. The van der Waals surface area contributed by atoms with Crippen LogP contribution in [0.15, 0.2) is 34.7 Å². The monoisotopic (exact) mass is 289 g/mol. The van der Waals surface area contributed by atoms with Crippen molar-refractivity contribution < 1.29 is 18.8 Å². The number of hydrogen-bond acceptors (Lipinski definition) is 4. The third kappa shape index (κ3) is 3.59. The third-order valence-electron chi connectivity index (χ3n) is 2.56. The number of benzene rings is 1. The van der Waals surface area contributed by atoms with Gasteiger partial charge in [-0.2, -0.15) is 0 Å². The van der Waals surface area contributed by atoms with Gasteiger partial charge in [-0.25, -0.2) is 0 Å². The van der Waals surface area contributed by atoms with E-state index in [4.69, 9.17) is 4.42 Å². The van der Waals surface area contributed by atoms with Crippen LogP contribution in [0, 0.1) is 0 Å². The lowest BCUT2D eigenvalue weighted by Crippen LogP contribution is -2.49. The molecule has 0 atom stereocenters. The zero-order valence-electron chi connectivity index (χ0n) is 11.6. The minimum absolute atomic E-state index is 0.0424. The maximum atomic E-state index is 11.8. The van der Waals surface area contributed by atoms with Gasteiger partial charge in [0.25, 0.3) is 0 Å². The van der Waals surface area contributed by atoms with Gasteiger partial charge in [0.2, 0.25) is 0 Å². The van der Waals surface area contributed by atoms with Gasteiger partial charge in [0.15, 0.2) is 5.76 Å². The van der Waals surface area contributed by atoms with Crippen LogP contribution < -0.4 is 16.2 Å². The zero-order valence-corrected chi connectivity index (χ0v) is 11.6. The molecule has 1 heterocycles. The number of carbonyl (C=O) groups is 3. The summed E-state index contributed by atoms with van der Waals surface area (Å²) in [4.78, 5) is 34.6. The van der Waals surface area contributed by atoms with Crippen LogP contribution in [0.5, 0.6) is 0 Å². The first kappa shape index (κ1) is 14.6. The molecule has 0 saturated carbocycles. The van der Waals surface area contributed by atoms with Crippen LogP contribution in [0.4, 0.5) is 0 Å². The molecule has 7 heteroatoms. The fraction of sp³-hybridized carbons (Fsp3) is 0.214. The molecule has 0 unspecified atom stereocenters. The summed E-state index contributed by atoms with van der Waals surface area (Å²) < 4.78 is 5.32. The Kier molecular flexibility index (Phi) is 4.22. The maximum Gasteiger partial charge on any atom is 0.327 e. The van der Waals surface area contributed by atoms with Gasteiger partial charge in [-0.05, 0) is 26.0 Å². The topological polar surface area (TPSA) is 100 Å². The first-order valence-electron chi connectivity index (χ1n) is 6.37. The number of hydrogen-bond donors (Lipinski definition) is 3. The first-order valence-corrected chi connectivity index (χ1v) is 6.37. The Morgan fingerprint density at radius 2 is 1.76 bits per heavy atom. The van der Waals surface area contributed by atoms with Crippen molar-refractivity contribution in [3.8, 4) is 0 Å². The van der Waals surface area contributed by atoms with Gasteiger partial charge in [-0.3, -0.25) is 25.2 Å². The van der Waals surface area contributed by atoms with Crippen LogP contribution in [0.3, 0.4) is 0 Å². The molecule has 3 amide bonds. The zero-order chi connectivity index (χ0) is 15.4. The van der Waals surface area contributed by atoms with E-state index in [1.54, 1.807) is 38.1 Å². The Labute approximate surface area is 120 Å². The van der Waals surface area contributed by atoms with Gasteiger partial charge >= 0.3 is 17.7 Å². The third-order valence-corrected chi connectivity index (χ3v) is 2.56. The Morgan fingerprint density at radius 3 is 2.43 bits per heavy atom. The molecule has 0 fully saturated rings. The predicted molar refractivity (Wildman–Crippen MR) is 75.1 cm³/mol. The Hall–Kier alpha value is -2.83. The van der Waals surface area contributed by atoms with E-state index >= 15 is 0 Å². The molecule has 0 aliphatic heterocycles. The highest BCUT2D eigenvalue weighted by atomic mass is 16.3. The van der Waals surface area contributed by atoms with Crippen molar-refractivity contribution in [1.82, 2.24) is 16.2 Å². The summed E-state index contributed by atoms with van der Waals surface area (Å²) in [6.07, 6.45) is 0. The molecular formula is C14H15N3O4. The predicted octanol–water partition coefficient (Wildman–Crippen LogP) is 0.718. The van der Waals surface area contributed by atoms with E-state index in [0.29, 0.717) is 5.58 Å². The van der Waals surface area contributed by atoms with Crippen molar-refractivity contribution in [3.63, 3.8) is 0 Å². The van der Waals surface area contributed by atoms with Gasteiger partial charge in [0.1, 0.15) is 5.58 Å². The van der Waals surface area contributed by atoms with Crippen LogP contribution in [0.1, 0.15) is 24.4 Å². The summed E-state index contributed by atoms with van der Waals surface area (Å²) in [5.41, 5.74) is 4.70. The molecule has 0 saturated heterocycles. The normalized spacial score (nSPS) is 10.4. The van der Waals surface area contributed by atoms with Gasteiger partial charge in [0.05, 0.1) is 0 Å². The highest BCUT2D eigenvalue weighted by Gasteiger charge is 2.17. The molecule has 0 bridgehead atoms. The minimum atomic E-state index is -0.951. The summed E-state index contributed by atoms with van der Waals surface area (Å²) in [6.45, 7) is 3.44. The van der Waals surface area contributed by atoms with E-state index in [0.717, 1.165) is 5.39 Å². The molecule has 1 aromatic carbocycles. The second kappa shape index (κ2) is 6.08. The van der Waals surface area contributed by atoms with E-state index in [9.17, 15) is 14.4 Å². The van der Waals surface area contributed by atoms with Crippen molar-refractivity contribution >= 4 is 28.7 Å². The smallest absolute Gasteiger partial charge is 0.327 e. The fourth-order valence-corrected chi connectivity index (χ4v) is 1.65. The van der Waals surface area contributed by atoms with Gasteiger partial charge in [0, 0.05) is 11.4 Å². The number of furan rings is 1. The lowest BCUT2D eigenvalue weighted by Gasteiger charge is -2.08. The lowest BCUT2D eigenvalue weighted by atomic mass is 10.2. The molecule has 2 rings (SSSR count). The molecule has 2 aromatic rings. The van der Waals surface area contributed by atoms with E-state index < -0.39 is 17.7 Å². The van der Waals surface area contributed by atoms with E-state index in [2.05, 4.69) is 10.7 Å². The molecule has 21 heavy (non-hydrogen) atoms. The van der Waals surface area contributed by atoms with Crippen molar-refractivity contribution in [2.24, 2.45) is 0 Å². The van der Waals surface area contributed by atoms with Gasteiger partial charge < -0.3 is 9.73 Å². The molecule has 0 radical (unpaired) electrons. The second-order valence-electron chi connectivity index (χ2n) is 4.68. The summed E-state index contributed by atoms with van der Waals surface area (Å²) in [6, 6.07) is 8.49. The van der Waals surface area contributed by atoms with E-state index in [-0.39, 0.29) is 11.8 Å². The summed E-state index contributed by atoms with van der Waals surface area (Å²) in [7, 11) is 0. The maximum absolute atomic E-state index is 11.8. The SMILES string of the molecule is CC(C)NC(=O)C(=O)NNC(=O)c1cc2ccccc2o1. The molecule has 3 N–H and O–H groups in total. The standard InChI is InChI=1S/C14H15N3O4/c1-8(2)15-13(19)14(20)17-16-12(18)11-7-9-5-3-4-6-10(9)21-11/h3-8H,1-2H3,(H,15,19)(H,16,18)(H,17,20). The highest BCUT2D eigenvalue weighted by Crippen LogP contribution is 2.18. The minimum Gasteiger partial charge on any atom is -0.451 e. The highest BCUT2D eigenvalue weighted by molar-refractivity contribution is 6.35. The Bertz CT molecular complexity index is 657. The number of amides is 3. The molecule has 1 aromatic heterocycles. The van der Waals surface area contributed by atoms with Crippen LogP contribution in [0.2, 0.25) is 0 Å². The van der Waals surface area contributed by atoms with Crippen LogP contribution in [-0.4, -0.2) is 23.8 Å². The van der Waals surface area contributed by atoms with Crippen molar-refractivity contribution in [1.29, 1.82) is 0 Å². The number of rotatable bonds is 2. The van der Waals surface area contributed by atoms with Gasteiger partial charge in [-0.15, -0.1) is 0 Å². The number of hydrazine groups is 1. The van der Waals surface area contributed by atoms with Crippen molar-refractivity contribution in [3.05, 3.63) is 36.1 Å². The molecule has 0 aliphatic carbocycles. The number of carbonyl (C=O) groups excluding carboxylic acids is 3. The van der Waals surface area contributed by atoms with Crippen LogP contribution in [-0.2, 0) is 9.59 Å². The quantitative estimate of drug-likeness (QED) is 0.560. The van der Waals surface area contributed by atoms with Crippen LogP contribution >= 0.6 is 0 Å². The lowest BCUT2D eigenvalue weighted by molar-refractivity contribution is -0.139. The summed E-state index contributed by atoms with van der Waals surface area (Å²) >= 11 is 0. The van der Waals surface area contributed by atoms with E-state index in [1.165, 1.54) is 0 Å². The first-order chi connectivity index (χ1) is 9.97. The average Bonchev–Trinajstić information content (AvgIpc) is 2.87. The number of nitrogens with one attached hydrogen (secondary N) is 3. The van der Waals surface area contributed by atoms with Crippen molar-refractivity contribution in [2.75, 3.05) is 0 Å². The van der Waals surface area contributed by atoms with Gasteiger partial charge in [-0.1, -0.05) is 18.2 Å². The Morgan fingerprint density at radius 1 is 1.05 bits per heavy atom. The largest absolute Gasteiger partial charge is 0.451 e. The molecular weight excluding hydrogens is 274 g/mol. The van der Waals surface area contributed by atoms with Crippen molar-refractivity contribution in [2.45, 2.75) is 19.9 Å². The molecule has 7 nitrogen and oxygen atoms in total. The number of fused-ring (bicyclic) bond motifs is 1. The average molecular weight is 289 g/mol. The van der Waals surface area contributed by atoms with Crippen LogP contribution in [0.25, 0.3) is 11.0 Å².